The minimum Gasteiger partial charge on any atom is -0.494 e. The van der Waals surface area contributed by atoms with E-state index in [0.717, 1.165) is 37.9 Å². The maximum Gasteiger partial charge on any atom is 0.166 e. The molecule has 2 aromatic carbocycles. The maximum atomic E-state index is 5.72. The highest BCUT2D eigenvalue weighted by molar-refractivity contribution is 9.10. The van der Waals surface area contributed by atoms with Crippen molar-refractivity contribution in [3.63, 3.8) is 0 Å². The molecule has 0 bridgehead atoms. The Kier molecular flexibility index (Phi) is 5.46. The standard InChI is InChI=1S/C17H17BrN2O2S/c1-2-21-14-6-7-15-16(11-14)20-17(19-15)23-9-8-22-13-5-3-4-12(18)10-13/h3-7,10-11H,2,8-9H2,1H3,(H,19,20). The molecule has 0 aliphatic carbocycles. The molecule has 0 saturated carbocycles. The highest BCUT2D eigenvalue weighted by Gasteiger charge is 2.05. The monoisotopic (exact) mass is 392 g/mol. The van der Waals surface area contributed by atoms with Gasteiger partial charge in [-0.25, -0.2) is 4.98 Å². The molecule has 6 heteroatoms. The molecule has 0 radical (unpaired) electrons. The molecule has 0 saturated heterocycles. The summed E-state index contributed by atoms with van der Waals surface area (Å²) in [7, 11) is 0. The second kappa shape index (κ2) is 7.75. The summed E-state index contributed by atoms with van der Waals surface area (Å²) in [5.41, 5.74) is 1.94. The molecule has 1 N–H and O–H groups in total. The van der Waals surface area contributed by atoms with Crippen molar-refractivity contribution in [2.24, 2.45) is 0 Å². The number of aromatic nitrogens is 2. The van der Waals surface area contributed by atoms with E-state index in [9.17, 15) is 0 Å². The predicted octanol–water partition coefficient (Wildman–Crippen LogP) is 4.90. The molecule has 120 valence electrons. The smallest absolute Gasteiger partial charge is 0.166 e. The number of thioether (sulfide) groups is 1. The normalized spacial score (nSPS) is 10.9. The van der Waals surface area contributed by atoms with Crippen molar-refractivity contribution in [2.75, 3.05) is 19.0 Å². The van der Waals surface area contributed by atoms with E-state index >= 15 is 0 Å². The molecule has 0 spiro atoms. The average molecular weight is 393 g/mol. The number of hydrogen-bond donors (Lipinski definition) is 1. The van der Waals surface area contributed by atoms with E-state index < -0.39 is 0 Å². The lowest BCUT2D eigenvalue weighted by Gasteiger charge is -2.05. The Balaban J connectivity index is 1.54. The van der Waals surface area contributed by atoms with Gasteiger partial charge in [-0.15, -0.1) is 0 Å². The summed E-state index contributed by atoms with van der Waals surface area (Å²) >= 11 is 5.08. The lowest BCUT2D eigenvalue weighted by Crippen LogP contribution is -2.00. The van der Waals surface area contributed by atoms with Crippen LogP contribution in [0.5, 0.6) is 11.5 Å². The molecule has 0 atom stereocenters. The summed E-state index contributed by atoms with van der Waals surface area (Å²) in [6.07, 6.45) is 0. The molecular weight excluding hydrogens is 376 g/mol. The van der Waals surface area contributed by atoms with Gasteiger partial charge in [-0.3, -0.25) is 0 Å². The largest absolute Gasteiger partial charge is 0.494 e. The molecule has 0 unspecified atom stereocenters. The number of hydrogen-bond acceptors (Lipinski definition) is 4. The fraction of sp³-hybridized carbons (Fsp3) is 0.235. The Bertz CT molecular complexity index is 791. The van der Waals surface area contributed by atoms with Crippen LogP contribution < -0.4 is 9.47 Å². The maximum absolute atomic E-state index is 5.72. The lowest BCUT2D eigenvalue weighted by atomic mass is 10.3. The van der Waals surface area contributed by atoms with Crippen LogP contribution >= 0.6 is 27.7 Å². The SMILES string of the molecule is CCOc1ccc2nc(SCCOc3cccc(Br)c3)[nH]c2c1. The Hall–Kier alpha value is -1.66. The van der Waals surface area contributed by atoms with Gasteiger partial charge in [-0.2, -0.15) is 0 Å². The third-order valence-electron chi connectivity index (χ3n) is 3.13. The van der Waals surface area contributed by atoms with E-state index in [0.29, 0.717) is 13.2 Å². The van der Waals surface area contributed by atoms with E-state index in [4.69, 9.17) is 9.47 Å². The molecule has 1 aromatic heterocycles. The molecule has 1 heterocycles. The highest BCUT2D eigenvalue weighted by Crippen LogP contribution is 2.23. The van der Waals surface area contributed by atoms with Crippen LogP contribution in [0.4, 0.5) is 0 Å². The van der Waals surface area contributed by atoms with Crippen LogP contribution in [0.3, 0.4) is 0 Å². The first-order valence-corrected chi connectivity index (χ1v) is 9.16. The van der Waals surface area contributed by atoms with Crippen molar-refractivity contribution in [2.45, 2.75) is 12.1 Å². The predicted molar refractivity (Wildman–Crippen MR) is 97.6 cm³/mol. The van der Waals surface area contributed by atoms with E-state index in [2.05, 4.69) is 25.9 Å². The van der Waals surface area contributed by atoms with Gasteiger partial charge in [-0.1, -0.05) is 33.8 Å². The van der Waals surface area contributed by atoms with Crippen LogP contribution in [0.25, 0.3) is 11.0 Å². The quantitative estimate of drug-likeness (QED) is 0.458. The van der Waals surface area contributed by atoms with Gasteiger partial charge in [0.2, 0.25) is 0 Å². The topological polar surface area (TPSA) is 47.1 Å². The van der Waals surface area contributed by atoms with Gasteiger partial charge < -0.3 is 14.5 Å². The molecule has 3 aromatic rings. The third-order valence-corrected chi connectivity index (χ3v) is 4.46. The minimum atomic E-state index is 0.627. The molecule has 3 rings (SSSR count). The molecule has 0 amide bonds. The Morgan fingerprint density at radius 3 is 2.83 bits per heavy atom. The van der Waals surface area contributed by atoms with E-state index in [1.165, 1.54) is 0 Å². The van der Waals surface area contributed by atoms with Crippen molar-refractivity contribution < 1.29 is 9.47 Å². The van der Waals surface area contributed by atoms with Gasteiger partial charge in [0.1, 0.15) is 11.5 Å². The summed E-state index contributed by atoms with van der Waals surface area (Å²) in [6, 6.07) is 13.7. The van der Waals surface area contributed by atoms with Crippen molar-refractivity contribution in [1.82, 2.24) is 9.97 Å². The zero-order valence-electron chi connectivity index (χ0n) is 12.7. The van der Waals surface area contributed by atoms with E-state index in [1.807, 2.05) is 49.4 Å². The Morgan fingerprint density at radius 1 is 1.13 bits per heavy atom. The number of halogens is 1. The van der Waals surface area contributed by atoms with Crippen LogP contribution in [0.2, 0.25) is 0 Å². The first-order chi connectivity index (χ1) is 11.2. The number of nitrogens with one attached hydrogen (secondary N) is 1. The van der Waals surface area contributed by atoms with Crippen molar-refractivity contribution in [3.8, 4) is 11.5 Å². The number of aromatic amines is 1. The van der Waals surface area contributed by atoms with Crippen LogP contribution in [0.15, 0.2) is 52.1 Å². The highest BCUT2D eigenvalue weighted by atomic mass is 79.9. The minimum absolute atomic E-state index is 0.627. The number of fused-ring (bicyclic) bond motifs is 1. The number of benzene rings is 2. The second-order valence-corrected chi connectivity index (χ2v) is 6.81. The lowest BCUT2D eigenvalue weighted by molar-refractivity contribution is 0.340. The van der Waals surface area contributed by atoms with E-state index in [-0.39, 0.29) is 0 Å². The molecule has 23 heavy (non-hydrogen) atoms. The number of imidazole rings is 1. The third kappa shape index (κ3) is 4.42. The number of rotatable bonds is 7. The van der Waals surface area contributed by atoms with Gasteiger partial charge >= 0.3 is 0 Å². The molecule has 0 aliphatic heterocycles. The zero-order chi connectivity index (χ0) is 16.1. The Morgan fingerprint density at radius 2 is 2.00 bits per heavy atom. The van der Waals surface area contributed by atoms with Crippen molar-refractivity contribution >= 4 is 38.7 Å². The molecule has 0 fully saturated rings. The summed E-state index contributed by atoms with van der Waals surface area (Å²) < 4.78 is 12.2. The summed E-state index contributed by atoms with van der Waals surface area (Å²) in [4.78, 5) is 7.87. The first-order valence-electron chi connectivity index (χ1n) is 7.38. The fourth-order valence-electron chi connectivity index (χ4n) is 2.14. The summed E-state index contributed by atoms with van der Waals surface area (Å²) in [6.45, 7) is 3.26. The number of H-pyrrole nitrogens is 1. The zero-order valence-corrected chi connectivity index (χ0v) is 15.1. The number of nitrogens with zero attached hydrogens (tertiary/aromatic N) is 1. The van der Waals surface area contributed by atoms with Gasteiger partial charge in [0, 0.05) is 16.3 Å². The first kappa shape index (κ1) is 16.2. The molecule has 0 aliphatic rings. The van der Waals surface area contributed by atoms with Crippen LogP contribution in [0.1, 0.15) is 6.92 Å². The Labute approximate surface area is 147 Å². The van der Waals surface area contributed by atoms with Crippen LogP contribution in [-0.4, -0.2) is 28.9 Å². The van der Waals surface area contributed by atoms with Crippen LogP contribution in [-0.2, 0) is 0 Å². The number of ether oxygens (including phenoxy) is 2. The van der Waals surface area contributed by atoms with Gasteiger partial charge in [0.15, 0.2) is 5.16 Å². The van der Waals surface area contributed by atoms with E-state index in [1.54, 1.807) is 11.8 Å². The van der Waals surface area contributed by atoms with Crippen molar-refractivity contribution in [1.29, 1.82) is 0 Å². The molecule has 4 nitrogen and oxygen atoms in total. The van der Waals surface area contributed by atoms with Crippen LogP contribution in [0, 0.1) is 0 Å². The average Bonchev–Trinajstić information content (AvgIpc) is 2.94. The summed E-state index contributed by atoms with van der Waals surface area (Å²) in [5, 5.41) is 0.895. The van der Waals surface area contributed by atoms with Crippen molar-refractivity contribution in [3.05, 3.63) is 46.9 Å². The van der Waals surface area contributed by atoms with Gasteiger partial charge in [0.05, 0.1) is 24.2 Å². The van der Waals surface area contributed by atoms with Gasteiger partial charge in [0.25, 0.3) is 0 Å². The molecular formula is C17H17BrN2O2S. The summed E-state index contributed by atoms with van der Waals surface area (Å²) in [5.74, 6) is 2.55. The second-order valence-electron chi connectivity index (χ2n) is 4.81. The van der Waals surface area contributed by atoms with Gasteiger partial charge in [-0.05, 0) is 37.3 Å². The fourth-order valence-corrected chi connectivity index (χ4v) is 3.23.